The Bertz CT molecular complexity index is 912. The Kier molecular flexibility index (Phi) is 6.47. The Morgan fingerprint density at radius 3 is 2.46 bits per heavy atom. The maximum absolute atomic E-state index is 13.9. The zero-order valence-electron chi connectivity index (χ0n) is 15.7. The highest BCUT2D eigenvalue weighted by atomic mass is 32.2. The van der Waals surface area contributed by atoms with Gasteiger partial charge >= 0.3 is 0 Å². The third-order valence-corrected chi connectivity index (χ3v) is 7.53. The molecule has 1 saturated carbocycles. The lowest BCUT2D eigenvalue weighted by molar-refractivity contribution is 0.204. The van der Waals surface area contributed by atoms with Crippen LogP contribution in [-0.4, -0.2) is 39.0 Å². The molecule has 2 unspecified atom stereocenters. The van der Waals surface area contributed by atoms with E-state index in [-0.39, 0.29) is 40.7 Å². The van der Waals surface area contributed by atoms with Crippen molar-refractivity contribution >= 4 is 9.84 Å². The highest BCUT2D eigenvalue weighted by molar-refractivity contribution is 7.91. The monoisotopic (exact) mass is 409 g/mol. The van der Waals surface area contributed by atoms with Crippen LogP contribution in [0.1, 0.15) is 19.3 Å². The van der Waals surface area contributed by atoms with Crippen molar-refractivity contribution in [1.29, 1.82) is 0 Å². The molecular weight excluding hydrogens is 384 g/mol. The quantitative estimate of drug-likeness (QED) is 0.736. The highest BCUT2D eigenvalue weighted by Gasteiger charge is 2.33. The first kappa shape index (κ1) is 20.9. The molecule has 0 heterocycles. The lowest BCUT2D eigenvalue weighted by Gasteiger charge is -2.20. The molecule has 0 radical (unpaired) electrons. The van der Waals surface area contributed by atoms with Crippen LogP contribution >= 0.6 is 0 Å². The van der Waals surface area contributed by atoms with Gasteiger partial charge in [0.15, 0.2) is 9.84 Å². The van der Waals surface area contributed by atoms with E-state index in [1.165, 1.54) is 24.3 Å². The van der Waals surface area contributed by atoms with Gasteiger partial charge in [-0.3, -0.25) is 0 Å². The molecule has 152 valence electrons. The number of hydrogen-bond donors (Lipinski definition) is 2. The average molecular weight is 409 g/mol. The number of hydrogen-bond acceptors (Lipinski definition) is 4. The molecule has 0 saturated heterocycles. The summed E-state index contributed by atoms with van der Waals surface area (Å²) in [6.45, 7) is 0.0437. The fraction of sp³-hybridized carbons (Fsp3) is 0.429. The number of aliphatic hydroxyl groups excluding tert-OH is 1. The Morgan fingerprint density at radius 1 is 1.14 bits per heavy atom. The fourth-order valence-electron chi connectivity index (χ4n) is 4.08. The molecule has 0 aliphatic heterocycles. The molecule has 1 aliphatic carbocycles. The van der Waals surface area contributed by atoms with Crippen molar-refractivity contribution < 1.29 is 22.3 Å². The first-order chi connectivity index (χ1) is 13.3. The van der Waals surface area contributed by atoms with E-state index in [0.29, 0.717) is 5.56 Å². The summed E-state index contributed by atoms with van der Waals surface area (Å²) < 4.78 is 52.5. The van der Waals surface area contributed by atoms with Gasteiger partial charge < -0.3 is 10.4 Å². The summed E-state index contributed by atoms with van der Waals surface area (Å²) in [6.07, 6.45) is 2.49. The van der Waals surface area contributed by atoms with Gasteiger partial charge in [-0.1, -0.05) is 12.1 Å². The van der Waals surface area contributed by atoms with Crippen molar-refractivity contribution in [2.75, 3.05) is 19.4 Å². The maximum Gasteiger partial charge on any atom is 0.178 e. The molecule has 1 aliphatic rings. The van der Waals surface area contributed by atoms with Gasteiger partial charge in [-0.25, -0.2) is 17.2 Å². The summed E-state index contributed by atoms with van der Waals surface area (Å²) in [7, 11) is -1.66. The smallest absolute Gasteiger partial charge is 0.178 e. The topological polar surface area (TPSA) is 66.4 Å². The number of likely N-dealkylation sites (N-methyl/N-ethyl adjacent to an activating group) is 1. The van der Waals surface area contributed by atoms with Crippen LogP contribution < -0.4 is 5.32 Å². The first-order valence-electron chi connectivity index (χ1n) is 9.40. The zero-order valence-corrected chi connectivity index (χ0v) is 16.6. The van der Waals surface area contributed by atoms with Crippen molar-refractivity contribution in [2.45, 2.75) is 30.2 Å². The number of nitrogens with one attached hydrogen (secondary N) is 1. The van der Waals surface area contributed by atoms with Gasteiger partial charge in [0, 0.05) is 17.7 Å². The zero-order chi connectivity index (χ0) is 20.3. The van der Waals surface area contributed by atoms with Crippen molar-refractivity contribution in [2.24, 2.45) is 11.8 Å². The molecule has 2 aromatic rings. The van der Waals surface area contributed by atoms with E-state index in [2.05, 4.69) is 5.32 Å². The predicted octanol–water partition coefficient (Wildman–Crippen LogP) is 3.40. The summed E-state index contributed by atoms with van der Waals surface area (Å²) in [5, 5.41) is 12.5. The molecule has 0 spiro atoms. The Labute approximate surface area is 164 Å². The van der Waals surface area contributed by atoms with Gasteiger partial charge in [0.1, 0.15) is 11.6 Å². The molecular formula is C21H25F2NO3S. The van der Waals surface area contributed by atoms with Gasteiger partial charge in [-0.05, 0) is 68.0 Å². The summed E-state index contributed by atoms with van der Waals surface area (Å²) in [5.41, 5.74) is 0.725. The number of rotatable bonds is 7. The second-order valence-corrected chi connectivity index (χ2v) is 9.48. The molecule has 0 amide bonds. The van der Waals surface area contributed by atoms with Crippen molar-refractivity contribution in [3.8, 4) is 11.1 Å². The average Bonchev–Trinajstić information content (AvgIpc) is 3.10. The standard InChI is InChI=1S/C21H25F2NO3S/c1-24-21(12-25)16-3-2-14(10-16)13-28(26,27)18-7-4-15(5-8-18)19-9-6-17(22)11-20(19)23/h4-9,11,14,16,21,24-25H,2-3,10,12-13H2,1H3/t14?,16?,21-/m0/s1. The van der Waals surface area contributed by atoms with Crippen LogP contribution in [0.5, 0.6) is 0 Å². The van der Waals surface area contributed by atoms with Crippen LogP contribution in [0.25, 0.3) is 11.1 Å². The summed E-state index contributed by atoms with van der Waals surface area (Å²) in [4.78, 5) is 0.203. The van der Waals surface area contributed by atoms with E-state index in [4.69, 9.17) is 0 Å². The molecule has 1 fully saturated rings. The maximum atomic E-state index is 13.9. The van der Waals surface area contributed by atoms with Crippen LogP contribution in [0.4, 0.5) is 8.78 Å². The molecule has 0 bridgehead atoms. The van der Waals surface area contributed by atoms with E-state index in [1.807, 2.05) is 0 Å². The molecule has 0 aromatic heterocycles. The van der Waals surface area contributed by atoms with Gasteiger partial charge in [0.25, 0.3) is 0 Å². The molecule has 28 heavy (non-hydrogen) atoms. The van der Waals surface area contributed by atoms with Crippen molar-refractivity contribution in [3.05, 3.63) is 54.1 Å². The van der Waals surface area contributed by atoms with Crippen molar-refractivity contribution in [1.82, 2.24) is 5.32 Å². The third-order valence-electron chi connectivity index (χ3n) is 5.63. The molecule has 3 atom stereocenters. The summed E-state index contributed by atoms with van der Waals surface area (Å²) >= 11 is 0. The lowest BCUT2D eigenvalue weighted by atomic mass is 9.98. The SMILES string of the molecule is CN[C@@H](CO)C1CCC(CS(=O)(=O)c2ccc(-c3ccc(F)cc3F)cc2)C1. The normalized spacial score (nSPS) is 21.0. The van der Waals surface area contributed by atoms with E-state index < -0.39 is 21.5 Å². The minimum absolute atomic E-state index is 0.00223. The minimum atomic E-state index is -3.46. The molecule has 2 N–H and O–H groups in total. The number of halogens is 2. The van der Waals surface area contributed by atoms with Crippen molar-refractivity contribution in [3.63, 3.8) is 0 Å². The van der Waals surface area contributed by atoms with Crippen LogP contribution in [0.15, 0.2) is 47.4 Å². The van der Waals surface area contributed by atoms with Crippen LogP contribution in [-0.2, 0) is 9.84 Å². The Morgan fingerprint density at radius 2 is 1.86 bits per heavy atom. The third kappa shape index (κ3) is 4.59. The second kappa shape index (κ2) is 8.68. The van der Waals surface area contributed by atoms with E-state index in [1.54, 1.807) is 19.2 Å². The van der Waals surface area contributed by atoms with Gasteiger partial charge in [-0.15, -0.1) is 0 Å². The second-order valence-electron chi connectivity index (χ2n) is 7.45. The Hall–Kier alpha value is -1.83. The highest BCUT2D eigenvalue weighted by Crippen LogP contribution is 2.35. The van der Waals surface area contributed by atoms with E-state index in [9.17, 15) is 22.3 Å². The molecule has 4 nitrogen and oxygen atoms in total. The fourth-order valence-corrected chi connectivity index (χ4v) is 5.75. The van der Waals surface area contributed by atoms with Crippen LogP contribution in [0.3, 0.4) is 0 Å². The van der Waals surface area contributed by atoms with Crippen LogP contribution in [0.2, 0.25) is 0 Å². The number of benzene rings is 2. The van der Waals surface area contributed by atoms with Gasteiger partial charge in [0.05, 0.1) is 17.3 Å². The number of aliphatic hydroxyl groups is 1. The predicted molar refractivity (Wildman–Crippen MR) is 105 cm³/mol. The van der Waals surface area contributed by atoms with Gasteiger partial charge in [0.2, 0.25) is 0 Å². The molecule has 2 aromatic carbocycles. The van der Waals surface area contributed by atoms with E-state index >= 15 is 0 Å². The lowest BCUT2D eigenvalue weighted by Crippen LogP contribution is -2.35. The number of sulfone groups is 1. The Balaban J connectivity index is 1.71. The van der Waals surface area contributed by atoms with Gasteiger partial charge in [-0.2, -0.15) is 0 Å². The van der Waals surface area contributed by atoms with Crippen LogP contribution in [0, 0.1) is 23.5 Å². The minimum Gasteiger partial charge on any atom is -0.395 e. The van der Waals surface area contributed by atoms with E-state index in [0.717, 1.165) is 25.3 Å². The summed E-state index contributed by atoms with van der Waals surface area (Å²) in [6, 6.07) is 9.36. The molecule has 7 heteroatoms. The molecule has 3 rings (SSSR count). The summed E-state index contributed by atoms with van der Waals surface area (Å²) in [5.74, 6) is -0.937. The first-order valence-corrected chi connectivity index (χ1v) is 11.1. The largest absolute Gasteiger partial charge is 0.395 e.